The van der Waals surface area contributed by atoms with Crippen LogP contribution in [0.15, 0.2) is 24.3 Å². The molecule has 1 aromatic rings. The van der Waals surface area contributed by atoms with Crippen LogP contribution >= 0.6 is 0 Å². The van der Waals surface area contributed by atoms with Crippen LogP contribution in [0.2, 0.25) is 0 Å². The molecule has 17 heavy (non-hydrogen) atoms. The highest BCUT2D eigenvalue weighted by atomic mass is 15.2. The second-order valence-electron chi connectivity index (χ2n) is 5.05. The zero-order valence-electron chi connectivity index (χ0n) is 11.2. The van der Waals surface area contributed by atoms with Crippen LogP contribution in [0.25, 0.3) is 0 Å². The molecule has 1 N–H and O–H groups in total. The zero-order valence-corrected chi connectivity index (χ0v) is 11.2. The van der Waals surface area contributed by atoms with E-state index in [0.717, 1.165) is 12.5 Å². The van der Waals surface area contributed by atoms with Crippen molar-refractivity contribution in [1.82, 2.24) is 5.32 Å². The Kier molecular flexibility index (Phi) is 4.06. The Morgan fingerprint density at radius 2 is 1.88 bits per heavy atom. The van der Waals surface area contributed by atoms with Gasteiger partial charge in [-0.1, -0.05) is 26.0 Å². The molecule has 0 amide bonds. The average molecular weight is 232 g/mol. The lowest BCUT2D eigenvalue weighted by atomic mass is 9.96. The van der Waals surface area contributed by atoms with E-state index in [1.54, 1.807) is 0 Å². The third kappa shape index (κ3) is 2.81. The Bertz CT molecular complexity index is 338. The van der Waals surface area contributed by atoms with Gasteiger partial charge in [-0.25, -0.2) is 0 Å². The van der Waals surface area contributed by atoms with Gasteiger partial charge in [0, 0.05) is 24.8 Å². The van der Waals surface area contributed by atoms with E-state index in [1.165, 1.54) is 30.8 Å². The van der Waals surface area contributed by atoms with E-state index in [1.807, 2.05) is 0 Å². The molecule has 1 saturated heterocycles. The summed E-state index contributed by atoms with van der Waals surface area (Å²) in [5.74, 6) is 0.912. The Labute approximate surface area is 105 Å². The Morgan fingerprint density at radius 1 is 1.24 bits per heavy atom. The first-order valence-electron chi connectivity index (χ1n) is 6.82. The van der Waals surface area contributed by atoms with Gasteiger partial charge in [0.25, 0.3) is 0 Å². The quantitative estimate of drug-likeness (QED) is 0.838. The van der Waals surface area contributed by atoms with E-state index < -0.39 is 0 Å². The van der Waals surface area contributed by atoms with Crippen molar-refractivity contribution in [3.8, 4) is 0 Å². The number of nitrogens with one attached hydrogen (secondary N) is 1. The van der Waals surface area contributed by atoms with E-state index in [2.05, 4.69) is 55.3 Å². The lowest BCUT2D eigenvalue weighted by Crippen LogP contribution is -2.46. The topological polar surface area (TPSA) is 15.3 Å². The summed E-state index contributed by atoms with van der Waals surface area (Å²) in [6.45, 7) is 10.1. The summed E-state index contributed by atoms with van der Waals surface area (Å²) in [5, 5.41) is 3.44. The Hall–Kier alpha value is -1.02. The molecule has 1 atom stereocenters. The van der Waals surface area contributed by atoms with E-state index >= 15 is 0 Å². The van der Waals surface area contributed by atoms with Crippen molar-refractivity contribution in [1.29, 1.82) is 0 Å². The third-order valence-electron chi connectivity index (χ3n) is 3.80. The van der Waals surface area contributed by atoms with Crippen LogP contribution in [0.1, 0.15) is 38.8 Å². The van der Waals surface area contributed by atoms with Crippen LogP contribution in [0.4, 0.5) is 5.69 Å². The van der Waals surface area contributed by atoms with Crippen molar-refractivity contribution in [3.05, 3.63) is 29.8 Å². The van der Waals surface area contributed by atoms with Crippen molar-refractivity contribution in [3.63, 3.8) is 0 Å². The summed E-state index contributed by atoms with van der Waals surface area (Å²) in [4.78, 5) is 2.47. The summed E-state index contributed by atoms with van der Waals surface area (Å²) in [5.41, 5.74) is 2.75. The fourth-order valence-corrected chi connectivity index (χ4v) is 2.44. The highest BCUT2D eigenvalue weighted by molar-refractivity contribution is 5.50. The number of hydrogen-bond acceptors (Lipinski definition) is 2. The summed E-state index contributed by atoms with van der Waals surface area (Å²) in [7, 11) is 0. The molecule has 1 aliphatic heterocycles. The highest BCUT2D eigenvalue weighted by Crippen LogP contribution is 2.27. The predicted molar refractivity (Wildman–Crippen MR) is 74.5 cm³/mol. The standard InChI is InChI=1S/C15H24N2/c1-4-13-10-17(11-13)15-8-6-14(7-9-15)12(3)16-5-2/h6-9,12-13,16H,4-5,10-11H2,1-3H3. The molecule has 1 unspecified atom stereocenters. The maximum Gasteiger partial charge on any atom is 0.0366 e. The molecule has 2 heteroatoms. The third-order valence-corrected chi connectivity index (χ3v) is 3.80. The molecule has 2 rings (SSSR count). The van der Waals surface area contributed by atoms with E-state index in [4.69, 9.17) is 0 Å². The summed E-state index contributed by atoms with van der Waals surface area (Å²) in [6.07, 6.45) is 1.31. The first-order valence-corrected chi connectivity index (χ1v) is 6.82. The normalized spacial score (nSPS) is 17.9. The Morgan fingerprint density at radius 3 is 2.41 bits per heavy atom. The molecule has 0 bridgehead atoms. The molecule has 1 aromatic carbocycles. The lowest BCUT2D eigenvalue weighted by Gasteiger charge is -2.40. The molecular formula is C15H24N2. The van der Waals surface area contributed by atoms with Gasteiger partial charge in [0.2, 0.25) is 0 Å². The van der Waals surface area contributed by atoms with Crippen LogP contribution in [-0.4, -0.2) is 19.6 Å². The second-order valence-corrected chi connectivity index (χ2v) is 5.05. The van der Waals surface area contributed by atoms with Crippen molar-refractivity contribution in [2.45, 2.75) is 33.2 Å². The number of rotatable bonds is 5. The molecule has 0 saturated carbocycles. The highest BCUT2D eigenvalue weighted by Gasteiger charge is 2.24. The summed E-state index contributed by atoms with van der Waals surface area (Å²) >= 11 is 0. The van der Waals surface area contributed by atoms with Crippen molar-refractivity contribution < 1.29 is 0 Å². The lowest BCUT2D eigenvalue weighted by molar-refractivity contribution is 0.399. The van der Waals surface area contributed by atoms with E-state index in [0.29, 0.717) is 6.04 Å². The van der Waals surface area contributed by atoms with Crippen LogP contribution in [-0.2, 0) is 0 Å². The first kappa shape index (κ1) is 12.4. The van der Waals surface area contributed by atoms with Gasteiger partial charge < -0.3 is 10.2 Å². The SMILES string of the molecule is CCNC(C)c1ccc(N2CC(CC)C2)cc1. The largest absolute Gasteiger partial charge is 0.371 e. The molecule has 0 aromatic heterocycles. The van der Waals surface area contributed by atoms with Gasteiger partial charge in [-0.05, 0) is 43.5 Å². The molecule has 1 fully saturated rings. The predicted octanol–water partition coefficient (Wildman–Crippen LogP) is 3.20. The minimum Gasteiger partial charge on any atom is -0.371 e. The molecule has 1 heterocycles. The first-order chi connectivity index (χ1) is 8.24. The second kappa shape index (κ2) is 5.54. The van der Waals surface area contributed by atoms with Gasteiger partial charge in [0.1, 0.15) is 0 Å². The molecule has 94 valence electrons. The van der Waals surface area contributed by atoms with Crippen LogP contribution in [0, 0.1) is 5.92 Å². The van der Waals surface area contributed by atoms with Gasteiger partial charge in [-0.2, -0.15) is 0 Å². The van der Waals surface area contributed by atoms with E-state index in [9.17, 15) is 0 Å². The molecule has 0 spiro atoms. The number of benzene rings is 1. The van der Waals surface area contributed by atoms with Crippen molar-refractivity contribution >= 4 is 5.69 Å². The average Bonchev–Trinajstić information content (AvgIpc) is 2.29. The van der Waals surface area contributed by atoms with Gasteiger partial charge in [0.05, 0.1) is 0 Å². The fraction of sp³-hybridized carbons (Fsp3) is 0.600. The van der Waals surface area contributed by atoms with E-state index in [-0.39, 0.29) is 0 Å². The zero-order chi connectivity index (χ0) is 12.3. The smallest absolute Gasteiger partial charge is 0.0366 e. The fourth-order valence-electron chi connectivity index (χ4n) is 2.44. The number of nitrogens with zero attached hydrogens (tertiary/aromatic N) is 1. The van der Waals surface area contributed by atoms with Gasteiger partial charge in [-0.15, -0.1) is 0 Å². The minimum absolute atomic E-state index is 0.453. The maximum atomic E-state index is 3.44. The maximum absolute atomic E-state index is 3.44. The van der Waals surface area contributed by atoms with Crippen LogP contribution < -0.4 is 10.2 Å². The summed E-state index contributed by atoms with van der Waals surface area (Å²) < 4.78 is 0. The minimum atomic E-state index is 0.453. The Balaban J connectivity index is 1.94. The summed E-state index contributed by atoms with van der Waals surface area (Å²) in [6, 6.07) is 9.47. The number of hydrogen-bond donors (Lipinski definition) is 1. The molecule has 0 aliphatic carbocycles. The van der Waals surface area contributed by atoms with Crippen molar-refractivity contribution in [2.75, 3.05) is 24.5 Å². The monoisotopic (exact) mass is 232 g/mol. The molecule has 1 aliphatic rings. The van der Waals surface area contributed by atoms with Gasteiger partial charge in [-0.3, -0.25) is 0 Å². The molecular weight excluding hydrogens is 208 g/mol. The van der Waals surface area contributed by atoms with Gasteiger partial charge >= 0.3 is 0 Å². The number of anilines is 1. The van der Waals surface area contributed by atoms with Crippen LogP contribution in [0.5, 0.6) is 0 Å². The molecule has 0 radical (unpaired) electrons. The van der Waals surface area contributed by atoms with Crippen molar-refractivity contribution in [2.24, 2.45) is 5.92 Å². The van der Waals surface area contributed by atoms with Gasteiger partial charge in [0.15, 0.2) is 0 Å². The molecule has 2 nitrogen and oxygen atoms in total. The van der Waals surface area contributed by atoms with Crippen LogP contribution in [0.3, 0.4) is 0 Å².